The van der Waals surface area contributed by atoms with Crippen LogP contribution in [0.5, 0.6) is 0 Å². The number of nitrogens with zero attached hydrogens (tertiary/aromatic N) is 2. The first-order valence-electron chi connectivity index (χ1n) is 6.42. The Balaban J connectivity index is 1.86. The van der Waals surface area contributed by atoms with Gasteiger partial charge in [0, 0.05) is 38.8 Å². The van der Waals surface area contributed by atoms with E-state index in [2.05, 4.69) is 24.1 Å². The van der Waals surface area contributed by atoms with Crippen molar-refractivity contribution in [3.8, 4) is 0 Å². The summed E-state index contributed by atoms with van der Waals surface area (Å²) in [5.41, 5.74) is 0. The summed E-state index contributed by atoms with van der Waals surface area (Å²) in [4.78, 5) is 16.7. The number of amides is 1. The van der Waals surface area contributed by atoms with E-state index in [0.717, 1.165) is 45.7 Å². The fourth-order valence-electron chi connectivity index (χ4n) is 2.60. The molecule has 92 valence electrons. The van der Waals surface area contributed by atoms with Crippen LogP contribution in [0.2, 0.25) is 0 Å². The van der Waals surface area contributed by atoms with E-state index in [4.69, 9.17) is 0 Å². The summed E-state index contributed by atoms with van der Waals surface area (Å²) in [6, 6.07) is 0.570. The summed E-state index contributed by atoms with van der Waals surface area (Å²) < 4.78 is 0. The number of carbonyl (C=O) groups excluding carboxylic acids is 1. The minimum absolute atomic E-state index is 0.250. The third-order valence-corrected chi connectivity index (χ3v) is 3.73. The predicted molar refractivity (Wildman–Crippen MR) is 64.3 cm³/mol. The highest BCUT2D eigenvalue weighted by atomic mass is 16.2. The van der Waals surface area contributed by atoms with E-state index in [-0.39, 0.29) is 5.92 Å². The molecule has 1 unspecified atom stereocenters. The minimum Gasteiger partial charge on any atom is -0.340 e. The van der Waals surface area contributed by atoms with E-state index in [9.17, 15) is 4.79 Å². The smallest absolute Gasteiger partial charge is 0.227 e. The maximum absolute atomic E-state index is 12.2. The maximum Gasteiger partial charge on any atom is 0.227 e. The summed E-state index contributed by atoms with van der Waals surface area (Å²) in [6.45, 7) is 10.1. The Morgan fingerprint density at radius 3 is 2.50 bits per heavy atom. The van der Waals surface area contributed by atoms with E-state index in [1.807, 2.05) is 4.90 Å². The summed E-state index contributed by atoms with van der Waals surface area (Å²) in [6.07, 6.45) is 1.04. The number of nitrogens with one attached hydrogen (secondary N) is 1. The van der Waals surface area contributed by atoms with Gasteiger partial charge in [0.15, 0.2) is 0 Å². The standard InChI is InChI=1S/C12H23N3O/c1-10(2)15-6-3-11(9-15)12(16)14-7-4-13-5-8-14/h10-11,13H,3-9H2,1-2H3. The van der Waals surface area contributed by atoms with Crippen molar-refractivity contribution in [3.63, 3.8) is 0 Å². The molecule has 2 aliphatic heterocycles. The summed E-state index contributed by atoms with van der Waals surface area (Å²) in [7, 11) is 0. The van der Waals surface area contributed by atoms with Crippen molar-refractivity contribution in [1.29, 1.82) is 0 Å². The van der Waals surface area contributed by atoms with E-state index in [1.165, 1.54) is 0 Å². The average Bonchev–Trinajstić information content (AvgIpc) is 2.78. The highest BCUT2D eigenvalue weighted by molar-refractivity contribution is 5.79. The van der Waals surface area contributed by atoms with Gasteiger partial charge in [-0.3, -0.25) is 4.79 Å². The number of rotatable bonds is 2. The van der Waals surface area contributed by atoms with Gasteiger partial charge in [0.2, 0.25) is 5.91 Å². The van der Waals surface area contributed by atoms with Crippen LogP contribution in [0, 0.1) is 5.92 Å². The molecule has 0 spiro atoms. The predicted octanol–water partition coefficient (Wildman–Crippen LogP) is 0.149. The molecule has 0 bridgehead atoms. The number of carbonyl (C=O) groups is 1. The molecule has 0 aliphatic carbocycles. The van der Waals surface area contributed by atoms with Gasteiger partial charge in [-0.2, -0.15) is 0 Å². The van der Waals surface area contributed by atoms with E-state index < -0.39 is 0 Å². The number of likely N-dealkylation sites (tertiary alicyclic amines) is 1. The molecule has 0 aromatic rings. The largest absolute Gasteiger partial charge is 0.340 e. The van der Waals surface area contributed by atoms with Gasteiger partial charge in [-0.25, -0.2) is 0 Å². The molecule has 1 N–H and O–H groups in total. The van der Waals surface area contributed by atoms with Crippen LogP contribution in [-0.2, 0) is 4.79 Å². The van der Waals surface area contributed by atoms with Gasteiger partial charge in [0.1, 0.15) is 0 Å². The lowest BCUT2D eigenvalue weighted by atomic mass is 10.1. The summed E-state index contributed by atoms with van der Waals surface area (Å²) in [5, 5.41) is 3.28. The molecule has 16 heavy (non-hydrogen) atoms. The van der Waals surface area contributed by atoms with Gasteiger partial charge < -0.3 is 15.1 Å². The molecule has 0 aromatic heterocycles. The third-order valence-electron chi connectivity index (χ3n) is 3.73. The Morgan fingerprint density at radius 1 is 1.25 bits per heavy atom. The van der Waals surface area contributed by atoms with Crippen LogP contribution in [0.4, 0.5) is 0 Å². The Bertz CT molecular complexity index is 249. The molecule has 0 saturated carbocycles. The summed E-state index contributed by atoms with van der Waals surface area (Å²) >= 11 is 0. The third kappa shape index (κ3) is 2.55. The Labute approximate surface area is 98.0 Å². The fourth-order valence-corrected chi connectivity index (χ4v) is 2.60. The second-order valence-corrected chi connectivity index (χ2v) is 5.15. The lowest BCUT2D eigenvalue weighted by Crippen LogP contribution is -2.48. The van der Waals surface area contributed by atoms with E-state index in [0.29, 0.717) is 11.9 Å². The van der Waals surface area contributed by atoms with Gasteiger partial charge in [-0.05, 0) is 26.8 Å². The SMILES string of the molecule is CC(C)N1CCC(C(=O)N2CCNCC2)C1. The molecule has 2 heterocycles. The van der Waals surface area contributed by atoms with Gasteiger partial charge >= 0.3 is 0 Å². The molecule has 2 aliphatic rings. The van der Waals surface area contributed by atoms with Crippen LogP contribution in [-0.4, -0.2) is 61.0 Å². The number of hydrogen-bond donors (Lipinski definition) is 1. The first-order valence-corrected chi connectivity index (χ1v) is 6.42. The topological polar surface area (TPSA) is 35.6 Å². The van der Waals surface area contributed by atoms with Gasteiger partial charge in [0.25, 0.3) is 0 Å². The summed E-state index contributed by atoms with van der Waals surface area (Å²) in [5.74, 6) is 0.630. The zero-order chi connectivity index (χ0) is 11.5. The zero-order valence-corrected chi connectivity index (χ0v) is 10.4. The normalized spacial score (nSPS) is 27.7. The molecule has 4 heteroatoms. The van der Waals surface area contributed by atoms with Crippen LogP contribution in [0.1, 0.15) is 20.3 Å². The Morgan fingerprint density at radius 2 is 1.94 bits per heavy atom. The quantitative estimate of drug-likeness (QED) is 0.726. The second kappa shape index (κ2) is 5.15. The van der Waals surface area contributed by atoms with Crippen molar-refractivity contribution < 1.29 is 4.79 Å². The lowest BCUT2D eigenvalue weighted by Gasteiger charge is -2.30. The van der Waals surface area contributed by atoms with Gasteiger partial charge in [-0.1, -0.05) is 0 Å². The van der Waals surface area contributed by atoms with Crippen molar-refractivity contribution in [2.24, 2.45) is 5.92 Å². The Hall–Kier alpha value is -0.610. The zero-order valence-electron chi connectivity index (χ0n) is 10.4. The van der Waals surface area contributed by atoms with E-state index >= 15 is 0 Å². The maximum atomic E-state index is 12.2. The van der Waals surface area contributed by atoms with Crippen molar-refractivity contribution in [3.05, 3.63) is 0 Å². The van der Waals surface area contributed by atoms with Crippen molar-refractivity contribution in [1.82, 2.24) is 15.1 Å². The first-order chi connectivity index (χ1) is 7.68. The minimum atomic E-state index is 0.250. The van der Waals surface area contributed by atoms with Gasteiger partial charge in [0.05, 0.1) is 5.92 Å². The van der Waals surface area contributed by atoms with Gasteiger partial charge in [-0.15, -0.1) is 0 Å². The Kier molecular flexibility index (Phi) is 3.82. The van der Waals surface area contributed by atoms with Crippen LogP contribution in [0.25, 0.3) is 0 Å². The molecule has 0 radical (unpaired) electrons. The van der Waals surface area contributed by atoms with Crippen molar-refractivity contribution >= 4 is 5.91 Å². The van der Waals surface area contributed by atoms with Crippen molar-refractivity contribution in [2.45, 2.75) is 26.3 Å². The monoisotopic (exact) mass is 225 g/mol. The van der Waals surface area contributed by atoms with Crippen LogP contribution >= 0.6 is 0 Å². The molecular formula is C12H23N3O. The van der Waals surface area contributed by atoms with Crippen molar-refractivity contribution in [2.75, 3.05) is 39.3 Å². The highest BCUT2D eigenvalue weighted by Gasteiger charge is 2.32. The molecule has 0 aromatic carbocycles. The van der Waals surface area contributed by atoms with Crippen LogP contribution in [0.15, 0.2) is 0 Å². The lowest BCUT2D eigenvalue weighted by molar-refractivity contribution is -0.135. The van der Waals surface area contributed by atoms with Crippen LogP contribution < -0.4 is 5.32 Å². The van der Waals surface area contributed by atoms with Crippen LogP contribution in [0.3, 0.4) is 0 Å². The molecule has 2 fully saturated rings. The molecule has 4 nitrogen and oxygen atoms in total. The molecule has 2 saturated heterocycles. The second-order valence-electron chi connectivity index (χ2n) is 5.15. The number of hydrogen-bond acceptors (Lipinski definition) is 3. The number of piperazine rings is 1. The first kappa shape index (κ1) is 11.9. The molecule has 2 rings (SSSR count). The molecule has 1 atom stereocenters. The van der Waals surface area contributed by atoms with E-state index in [1.54, 1.807) is 0 Å². The average molecular weight is 225 g/mol. The fraction of sp³-hybridized carbons (Fsp3) is 0.917. The highest BCUT2D eigenvalue weighted by Crippen LogP contribution is 2.20. The molecule has 1 amide bonds. The molecular weight excluding hydrogens is 202 g/mol.